The number of hydrogen-bond donors (Lipinski definition) is 1. The van der Waals surface area contributed by atoms with Crippen molar-refractivity contribution in [3.05, 3.63) is 32.5 Å². The molecule has 20 heavy (non-hydrogen) atoms. The minimum absolute atomic E-state index is 0.0145. The van der Waals surface area contributed by atoms with Crippen molar-refractivity contribution in [2.45, 2.75) is 52.6 Å². The second-order valence-corrected chi connectivity index (χ2v) is 6.34. The van der Waals surface area contributed by atoms with Crippen LogP contribution in [0.4, 0.5) is 0 Å². The zero-order chi connectivity index (χ0) is 14.7. The van der Waals surface area contributed by atoms with E-state index in [-0.39, 0.29) is 6.04 Å². The van der Waals surface area contributed by atoms with E-state index in [1.54, 1.807) is 11.3 Å². The summed E-state index contributed by atoms with van der Waals surface area (Å²) in [5, 5.41) is 8.46. The second-order valence-electron chi connectivity index (χ2n) is 4.90. The van der Waals surface area contributed by atoms with E-state index >= 15 is 0 Å². The van der Waals surface area contributed by atoms with Gasteiger partial charge in [-0.2, -0.15) is 5.10 Å². The van der Waals surface area contributed by atoms with Gasteiger partial charge in [0.15, 0.2) is 0 Å². The summed E-state index contributed by atoms with van der Waals surface area (Å²) < 4.78 is 1.97. The van der Waals surface area contributed by atoms with E-state index in [0.29, 0.717) is 0 Å². The van der Waals surface area contributed by atoms with Gasteiger partial charge in [-0.15, -0.1) is 11.3 Å². The molecule has 0 amide bonds. The summed E-state index contributed by atoms with van der Waals surface area (Å²) in [4.78, 5) is 4.46. The van der Waals surface area contributed by atoms with Crippen LogP contribution in [-0.2, 0) is 25.8 Å². The average Bonchev–Trinajstić information content (AvgIpc) is 2.95. The Kier molecular flexibility index (Phi) is 5.18. The Labute approximate surface area is 129 Å². The Hall–Kier alpha value is -0.910. The zero-order valence-corrected chi connectivity index (χ0v) is 13.8. The number of rotatable bonds is 6. The predicted molar refractivity (Wildman–Crippen MR) is 84.5 cm³/mol. The Morgan fingerprint density at radius 2 is 2.15 bits per heavy atom. The fourth-order valence-electron chi connectivity index (χ4n) is 2.30. The molecule has 2 rings (SSSR count). The molecule has 0 bridgehead atoms. The Morgan fingerprint density at radius 3 is 2.70 bits per heavy atom. The number of hydrogen-bond acceptors (Lipinski definition) is 4. The van der Waals surface area contributed by atoms with Crippen LogP contribution >= 0.6 is 22.9 Å². The summed E-state index contributed by atoms with van der Waals surface area (Å²) in [6, 6.07) is 0.0145. The van der Waals surface area contributed by atoms with Gasteiger partial charge in [-0.05, 0) is 20.3 Å². The highest BCUT2D eigenvalue weighted by Gasteiger charge is 2.17. The number of aryl methyl sites for hydroxylation is 3. The number of nitrogens with two attached hydrogens (primary N) is 1. The molecule has 0 aliphatic carbocycles. The molecule has 6 heteroatoms. The van der Waals surface area contributed by atoms with Crippen LogP contribution in [0.2, 0.25) is 5.02 Å². The smallest absolute Gasteiger partial charge is 0.0897 e. The Bertz CT molecular complexity index is 576. The van der Waals surface area contributed by atoms with Gasteiger partial charge in [-0.25, -0.2) is 4.98 Å². The van der Waals surface area contributed by atoms with Gasteiger partial charge in [0.1, 0.15) is 0 Å². The molecule has 0 saturated heterocycles. The van der Waals surface area contributed by atoms with Gasteiger partial charge in [-0.1, -0.05) is 18.5 Å². The molecule has 0 saturated carbocycles. The summed E-state index contributed by atoms with van der Waals surface area (Å²) in [7, 11) is 0. The lowest BCUT2D eigenvalue weighted by atomic mass is 10.1. The largest absolute Gasteiger partial charge is 0.327 e. The van der Waals surface area contributed by atoms with Gasteiger partial charge in [0.05, 0.1) is 27.1 Å². The normalized spacial score (nSPS) is 12.8. The molecule has 2 aromatic heterocycles. The highest BCUT2D eigenvalue weighted by molar-refractivity contribution is 7.09. The van der Waals surface area contributed by atoms with Crippen molar-refractivity contribution in [3.8, 4) is 0 Å². The lowest BCUT2D eigenvalue weighted by Crippen LogP contribution is -2.27. The van der Waals surface area contributed by atoms with Crippen molar-refractivity contribution in [2.24, 2.45) is 5.73 Å². The molecule has 4 nitrogen and oxygen atoms in total. The molecule has 110 valence electrons. The van der Waals surface area contributed by atoms with Crippen molar-refractivity contribution in [2.75, 3.05) is 0 Å². The molecular weight excluding hydrogens is 292 g/mol. The van der Waals surface area contributed by atoms with Crippen LogP contribution < -0.4 is 5.73 Å². The minimum atomic E-state index is 0.0145. The molecular formula is C14H21ClN4S. The summed E-state index contributed by atoms with van der Waals surface area (Å²) >= 11 is 8.07. The molecule has 2 aromatic rings. The first-order chi connectivity index (χ1) is 9.55. The first-order valence-corrected chi connectivity index (χ1v) is 8.21. The maximum Gasteiger partial charge on any atom is 0.0897 e. The molecule has 1 unspecified atom stereocenters. The fourth-order valence-corrected chi connectivity index (χ4v) is 3.28. The number of aromatic nitrogens is 3. The number of halogens is 1. The summed E-state index contributed by atoms with van der Waals surface area (Å²) in [6.07, 6.45) is 2.35. The van der Waals surface area contributed by atoms with Gasteiger partial charge >= 0.3 is 0 Å². The average molecular weight is 313 g/mol. The van der Waals surface area contributed by atoms with Crippen molar-refractivity contribution >= 4 is 22.9 Å². The highest BCUT2D eigenvalue weighted by atomic mass is 35.5. The van der Waals surface area contributed by atoms with E-state index in [1.165, 1.54) is 0 Å². The van der Waals surface area contributed by atoms with Crippen LogP contribution in [-0.4, -0.2) is 20.8 Å². The molecule has 0 aliphatic heterocycles. The van der Waals surface area contributed by atoms with E-state index < -0.39 is 0 Å². The van der Waals surface area contributed by atoms with Gasteiger partial charge in [0.2, 0.25) is 0 Å². The first kappa shape index (κ1) is 15.5. The van der Waals surface area contributed by atoms with Crippen molar-refractivity contribution in [3.63, 3.8) is 0 Å². The van der Waals surface area contributed by atoms with Crippen molar-refractivity contribution < 1.29 is 0 Å². The maximum absolute atomic E-state index is 6.41. The van der Waals surface area contributed by atoms with E-state index in [1.807, 2.05) is 11.6 Å². The summed E-state index contributed by atoms with van der Waals surface area (Å²) in [6.45, 7) is 6.96. The molecule has 0 fully saturated rings. The molecule has 1 atom stereocenters. The standard InChI is InChI=1S/C14H21ClN4S/c1-4-12-14(15)13(19(5-2)18-12)7-10(16)6-11-8-20-9(3)17-11/h8,10H,4-7,16H2,1-3H3. The lowest BCUT2D eigenvalue weighted by Gasteiger charge is -2.11. The number of thiazole rings is 1. The quantitative estimate of drug-likeness (QED) is 0.892. The van der Waals surface area contributed by atoms with E-state index in [9.17, 15) is 0 Å². The van der Waals surface area contributed by atoms with E-state index in [0.717, 1.165) is 52.9 Å². The van der Waals surface area contributed by atoms with Gasteiger partial charge < -0.3 is 5.73 Å². The monoisotopic (exact) mass is 312 g/mol. The van der Waals surface area contributed by atoms with Crippen molar-refractivity contribution in [1.29, 1.82) is 0 Å². The van der Waals surface area contributed by atoms with E-state index in [2.05, 4.69) is 29.3 Å². The van der Waals surface area contributed by atoms with Gasteiger partial charge in [0.25, 0.3) is 0 Å². The molecule has 0 aromatic carbocycles. The van der Waals surface area contributed by atoms with Gasteiger partial charge in [0, 0.05) is 30.8 Å². The first-order valence-electron chi connectivity index (χ1n) is 6.95. The molecule has 0 radical (unpaired) electrons. The van der Waals surface area contributed by atoms with Crippen LogP contribution in [0.25, 0.3) is 0 Å². The zero-order valence-electron chi connectivity index (χ0n) is 12.2. The van der Waals surface area contributed by atoms with Crippen LogP contribution in [0.5, 0.6) is 0 Å². The summed E-state index contributed by atoms with van der Waals surface area (Å²) in [5.41, 5.74) is 9.32. The van der Waals surface area contributed by atoms with Crippen LogP contribution in [0.15, 0.2) is 5.38 Å². The maximum atomic E-state index is 6.41. The fraction of sp³-hybridized carbons (Fsp3) is 0.571. The third kappa shape index (κ3) is 3.40. The van der Waals surface area contributed by atoms with E-state index in [4.69, 9.17) is 17.3 Å². The van der Waals surface area contributed by atoms with Gasteiger partial charge in [-0.3, -0.25) is 4.68 Å². The highest BCUT2D eigenvalue weighted by Crippen LogP contribution is 2.23. The molecule has 0 spiro atoms. The number of nitrogens with zero attached hydrogens (tertiary/aromatic N) is 3. The van der Waals surface area contributed by atoms with Crippen molar-refractivity contribution in [1.82, 2.24) is 14.8 Å². The van der Waals surface area contributed by atoms with Crippen LogP contribution in [0.1, 0.15) is 35.9 Å². The Balaban J connectivity index is 2.10. The Morgan fingerprint density at radius 1 is 1.40 bits per heavy atom. The molecule has 2 N–H and O–H groups in total. The minimum Gasteiger partial charge on any atom is -0.327 e. The lowest BCUT2D eigenvalue weighted by molar-refractivity contribution is 0.570. The SMILES string of the molecule is CCc1nn(CC)c(CC(N)Cc2csc(C)n2)c1Cl. The predicted octanol–water partition coefficient (Wildman–Crippen LogP) is 3.00. The third-order valence-electron chi connectivity index (χ3n) is 3.29. The molecule has 0 aliphatic rings. The summed E-state index contributed by atoms with van der Waals surface area (Å²) in [5.74, 6) is 0. The second kappa shape index (κ2) is 6.70. The third-order valence-corrected chi connectivity index (χ3v) is 4.55. The topological polar surface area (TPSA) is 56.7 Å². The molecule has 2 heterocycles. The van der Waals surface area contributed by atoms with Crippen LogP contribution in [0.3, 0.4) is 0 Å². The van der Waals surface area contributed by atoms with Crippen LogP contribution in [0, 0.1) is 6.92 Å².